The SMILES string of the molecule is CC(C)(C)NC(=O)[C@H](c1cccnc1)N(C(=O)[C@H]1CSC(=O)C1)c1cccc(F)c1. The van der Waals surface area contributed by atoms with Crippen LogP contribution in [0.3, 0.4) is 0 Å². The standard InChI is InChI=1S/C22H24FN3O3S/c1-22(2,3)25-20(28)19(14-6-5-9-24-12-14)26(17-8-4-7-16(23)11-17)21(29)15-10-18(27)30-13-15/h4-9,11-12,15,19H,10,13H2,1-3H3,(H,25,28)/t15-,19+/m1/s1. The molecule has 0 bridgehead atoms. The van der Waals surface area contributed by atoms with Crippen LogP contribution in [0.15, 0.2) is 48.8 Å². The molecule has 1 aliphatic heterocycles. The van der Waals surface area contributed by atoms with Gasteiger partial charge >= 0.3 is 0 Å². The van der Waals surface area contributed by atoms with Gasteiger partial charge in [0.1, 0.15) is 11.9 Å². The fourth-order valence-electron chi connectivity index (χ4n) is 3.29. The number of anilines is 1. The number of nitrogens with zero attached hydrogens (tertiary/aromatic N) is 2. The van der Waals surface area contributed by atoms with Crippen LogP contribution in [0.5, 0.6) is 0 Å². The van der Waals surface area contributed by atoms with Crippen LogP contribution in [0, 0.1) is 11.7 Å². The molecule has 0 radical (unpaired) electrons. The van der Waals surface area contributed by atoms with Crippen molar-refractivity contribution < 1.29 is 18.8 Å². The molecule has 30 heavy (non-hydrogen) atoms. The van der Waals surface area contributed by atoms with Crippen LogP contribution in [0.2, 0.25) is 0 Å². The average Bonchev–Trinajstić information content (AvgIpc) is 3.11. The Morgan fingerprint density at radius 3 is 2.60 bits per heavy atom. The summed E-state index contributed by atoms with van der Waals surface area (Å²) in [4.78, 5) is 44.0. The summed E-state index contributed by atoms with van der Waals surface area (Å²) in [5, 5.41) is 2.85. The van der Waals surface area contributed by atoms with Crippen LogP contribution in [-0.2, 0) is 14.4 Å². The van der Waals surface area contributed by atoms with Crippen LogP contribution >= 0.6 is 11.8 Å². The van der Waals surface area contributed by atoms with Crippen molar-refractivity contribution in [3.63, 3.8) is 0 Å². The number of amides is 2. The second kappa shape index (κ2) is 8.95. The fourth-order valence-corrected chi connectivity index (χ4v) is 4.26. The van der Waals surface area contributed by atoms with Crippen LogP contribution < -0.4 is 10.2 Å². The van der Waals surface area contributed by atoms with E-state index in [1.165, 1.54) is 29.3 Å². The Kier molecular flexibility index (Phi) is 6.55. The lowest BCUT2D eigenvalue weighted by molar-refractivity contribution is -0.129. The maximum Gasteiger partial charge on any atom is 0.248 e. The molecule has 1 N–H and O–H groups in total. The molecule has 8 heteroatoms. The van der Waals surface area contributed by atoms with E-state index >= 15 is 0 Å². The van der Waals surface area contributed by atoms with Gasteiger partial charge in [-0.2, -0.15) is 0 Å². The van der Waals surface area contributed by atoms with Crippen LogP contribution in [0.25, 0.3) is 0 Å². The molecule has 2 atom stereocenters. The number of carbonyl (C=O) groups is 3. The van der Waals surface area contributed by atoms with Crippen molar-refractivity contribution in [1.82, 2.24) is 10.3 Å². The number of thioether (sulfide) groups is 1. The van der Waals surface area contributed by atoms with Gasteiger partial charge in [0, 0.05) is 41.4 Å². The van der Waals surface area contributed by atoms with Gasteiger partial charge in [0.05, 0.1) is 5.92 Å². The van der Waals surface area contributed by atoms with Crippen molar-refractivity contribution in [2.45, 2.75) is 38.8 Å². The van der Waals surface area contributed by atoms with Crippen molar-refractivity contribution >= 4 is 34.4 Å². The maximum absolute atomic E-state index is 14.1. The third kappa shape index (κ3) is 5.24. The summed E-state index contributed by atoms with van der Waals surface area (Å²) in [6, 6.07) is 7.88. The number of benzene rings is 1. The molecule has 158 valence electrons. The largest absolute Gasteiger partial charge is 0.349 e. The predicted molar refractivity (Wildman–Crippen MR) is 114 cm³/mol. The minimum absolute atomic E-state index is 0.0652. The average molecular weight is 430 g/mol. The van der Waals surface area contributed by atoms with Crippen molar-refractivity contribution in [3.05, 3.63) is 60.2 Å². The van der Waals surface area contributed by atoms with Gasteiger partial charge in [-0.25, -0.2) is 4.39 Å². The topological polar surface area (TPSA) is 79.4 Å². The summed E-state index contributed by atoms with van der Waals surface area (Å²) < 4.78 is 14.1. The van der Waals surface area contributed by atoms with Gasteiger partial charge in [-0.1, -0.05) is 23.9 Å². The quantitative estimate of drug-likeness (QED) is 0.787. The molecule has 0 saturated carbocycles. The van der Waals surface area contributed by atoms with Gasteiger partial charge in [-0.05, 0) is 45.0 Å². The molecule has 2 aromatic rings. The van der Waals surface area contributed by atoms with E-state index in [2.05, 4.69) is 10.3 Å². The molecule has 1 aliphatic rings. The third-order valence-corrected chi connectivity index (χ3v) is 5.59. The third-order valence-electron chi connectivity index (χ3n) is 4.54. The molecule has 2 amide bonds. The molecule has 1 saturated heterocycles. The van der Waals surface area contributed by atoms with E-state index in [1.807, 2.05) is 20.8 Å². The number of hydrogen-bond acceptors (Lipinski definition) is 5. The molecule has 6 nitrogen and oxygen atoms in total. The smallest absolute Gasteiger partial charge is 0.248 e. The zero-order valence-corrected chi connectivity index (χ0v) is 17.9. The van der Waals surface area contributed by atoms with Crippen LogP contribution in [-0.4, -0.2) is 33.2 Å². The second-order valence-electron chi connectivity index (χ2n) is 8.20. The summed E-state index contributed by atoms with van der Waals surface area (Å²) in [5.74, 6) is -1.57. The molecule has 0 aliphatic carbocycles. The van der Waals surface area contributed by atoms with E-state index in [0.29, 0.717) is 11.3 Å². The summed E-state index contributed by atoms with van der Waals surface area (Å²) in [7, 11) is 0. The highest BCUT2D eigenvalue weighted by molar-refractivity contribution is 8.14. The number of pyridine rings is 1. The molecule has 0 unspecified atom stereocenters. The Morgan fingerprint density at radius 1 is 1.27 bits per heavy atom. The van der Waals surface area contributed by atoms with Gasteiger partial charge in [-0.3, -0.25) is 24.3 Å². The minimum Gasteiger partial charge on any atom is -0.349 e. The fraction of sp³-hybridized carbons (Fsp3) is 0.364. The molecule has 3 rings (SSSR count). The molecule has 1 aromatic heterocycles. The summed E-state index contributed by atoms with van der Waals surface area (Å²) in [6.07, 6.45) is 3.18. The van der Waals surface area contributed by atoms with Gasteiger partial charge < -0.3 is 5.32 Å². The van der Waals surface area contributed by atoms with Gasteiger partial charge in [0.15, 0.2) is 5.12 Å². The Labute approximate surface area is 179 Å². The molecular weight excluding hydrogens is 405 g/mol. The number of aromatic nitrogens is 1. The Bertz CT molecular complexity index is 946. The number of hydrogen-bond donors (Lipinski definition) is 1. The zero-order chi connectivity index (χ0) is 21.9. The Hall–Kier alpha value is -2.74. The number of rotatable bonds is 5. The minimum atomic E-state index is -1.06. The van der Waals surface area contributed by atoms with Gasteiger partial charge in [0.2, 0.25) is 11.8 Å². The van der Waals surface area contributed by atoms with Crippen LogP contribution in [0.1, 0.15) is 38.8 Å². The number of halogens is 1. The van der Waals surface area contributed by atoms with Crippen molar-refractivity contribution in [1.29, 1.82) is 0 Å². The summed E-state index contributed by atoms with van der Waals surface area (Å²) in [6.45, 7) is 5.52. The normalized spacial score (nSPS) is 17.5. The highest BCUT2D eigenvalue weighted by atomic mass is 32.2. The van der Waals surface area contributed by atoms with Crippen molar-refractivity contribution in [2.75, 3.05) is 10.7 Å². The van der Waals surface area contributed by atoms with E-state index in [0.717, 1.165) is 11.8 Å². The number of carbonyl (C=O) groups excluding carboxylic acids is 3. The lowest BCUT2D eigenvalue weighted by Crippen LogP contribution is -2.50. The molecular formula is C22H24FN3O3S. The van der Waals surface area contributed by atoms with E-state index in [9.17, 15) is 18.8 Å². The first-order valence-corrected chi connectivity index (χ1v) is 10.6. The number of nitrogens with one attached hydrogen (secondary N) is 1. The lowest BCUT2D eigenvalue weighted by Gasteiger charge is -2.34. The highest BCUT2D eigenvalue weighted by Gasteiger charge is 2.40. The molecule has 1 aromatic carbocycles. The summed E-state index contributed by atoms with van der Waals surface area (Å²) >= 11 is 1.10. The van der Waals surface area contributed by atoms with Crippen LogP contribution in [0.4, 0.5) is 10.1 Å². The van der Waals surface area contributed by atoms with Gasteiger partial charge in [-0.15, -0.1) is 0 Å². The zero-order valence-electron chi connectivity index (χ0n) is 17.1. The lowest BCUT2D eigenvalue weighted by atomic mass is 9.99. The van der Waals surface area contributed by atoms with Crippen molar-refractivity contribution in [2.24, 2.45) is 5.92 Å². The highest BCUT2D eigenvalue weighted by Crippen LogP contribution is 2.34. The monoisotopic (exact) mass is 429 g/mol. The predicted octanol–water partition coefficient (Wildman–Crippen LogP) is 3.49. The van der Waals surface area contributed by atoms with Gasteiger partial charge in [0.25, 0.3) is 0 Å². The van der Waals surface area contributed by atoms with E-state index in [-0.39, 0.29) is 17.2 Å². The first-order chi connectivity index (χ1) is 14.2. The second-order valence-corrected chi connectivity index (χ2v) is 9.28. The van der Waals surface area contributed by atoms with E-state index in [4.69, 9.17) is 0 Å². The first-order valence-electron chi connectivity index (χ1n) is 9.62. The Balaban J connectivity index is 2.11. The molecule has 0 spiro atoms. The first kappa shape index (κ1) is 22.0. The maximum atomic E-state index is 14.1. The Morgan fingerprint density at radius 2 is 2.03 bits per heavy atom. The van der Waals surface area contributed by atoms with E-state index < -0.39 is 35.1 Å². The van der Waals surface area contributed by atoms with E-state index in [1.54, 1.807) is 24.4 Å². The molecule has 2 heterocycles. The van der Waals surface area contributed by atoms with Crippen molar-refractivity contribution in [3.8, 4) is 0 Å². The summed E-state index contributed by atoms with van der Waals surface area (Å²) in [5.41, 5.74) is 0.198. The molecule has 1 fully saturated rings.